The molecule has 0 aliphatic heterocycles. The number of ether oxygens (including phenoxy) is 1. The molecule has 0 saturated heterocycles. The van der Waals surface area contributed by atoms with Crippen LogP contribution in [0.4, 0.5) is 0 Å². The van der Waals surface area contributed by atoms with Gasteiger partial charge < -0.3 is 10.1 Å². The molecule has 1 saturated carbocycles. The van der Waals surface area contributed by atoms with Crippen LogP contribution in [0.25, 0.3) is 0 Å². The van der Waals surface area contributed by atoms with Crippen LogP contribution < -0.4 is 5.32 Å². The minimum absolute atomic E-state index is 0.244. The van der Waals surface area contributed by atoms with Crippen molar-refractivity contribution in [3.05, 3.63) is 15.6 Å². The first-order valence-corrected chi connectivity index (χ1v) is 8.30. The van der Waals surface area contributed by atoms with Gasteiger partial charge in [0.25, 0.3) is 0 Å². The third-order valence-electron chi connectivity index (χ3n) is 3.44. The van der Waals surface area contributed by atoms with Crippen LogP contribution >= 0.6 is 11.3 Å². The lowest BCUT2D eigenvalue weighted by Gasteiger charge is -2.12. The predicted molar refractivity (Wildman–Crippen MR) is 80.6 cm³/mol. The lowest BCUT2D eigenvalue weighted by molar-refractivity contribution is 0.0461. The average molecular weight is 282 g/mol. The van der Waals surface area contributed by atoms with Gasteiger partial charge in [-0.1, -0.05) is 20.8 Å². The summed E-state index contributed by atoms with van der Waals surface area (Å²) >= 11 is 1.84. The van der Waals surface area contributed by atoms with E-state index in [0.717, 1.165) is 19.6 Å². The van der Waals surface area contributed by atoms with E-state index in [1.807, 2.05) is 11.3 Å². The van der Waals surface area contributed by atoms with Crippen LogP contribution in [-0.4, -0.2) is 17.6 Å². The summed E-state index contributed by atoms with van der Waals surface area (Å²) in [5, 5.41) is 4.69. The first-order chi connectivity index (χ1) is 9.15. The zero-order valence-electron chi connectivity index (χ0n) is 12.5. The highest BCUT2D eigenvalue weighted by molar-refractivity contribution is 7.11. The SMILES string of the molecule is CCOC(c1nc(CC)c(CNC(C)C)s1)C1CC1. The molecule has 0 aromatic carbocycles. The Labute approximate surface area is 120 Å². The van der Waals surface area contributed by atoms with E-state index >= 15 is 0 Å². The van der Waals surface area contributed by atoms with Crippen molar-refractivity contribution in [2.75, 3.05) is 6.61 Å². The summed E-state index contributed by atoms with van der Waals surface area (Å²) in [4.78, 5) is 6.23. The summed E-state index contributed by atoms with van der Waals surface area (Å²) in [5.41, 5.74) is 1.25. The zero-order chi connectivity index (χ0) is 13.8. The van der Waals surface area contributed by atoms with Crippen LogP contribution in [0.3, 0.4) is 0 Å². The Kier molecular flexibility index (Phi) is 5.37. The van der Waals surface area contributed by atoms with Gasteiger partial charge >= 0.3 is 0 Å². The summed E-state index contributed by atoms with van der Waals surface area (Å²) in [6.07, 6.45) is 3.85. The van der Waals surface area contributed by atoms with Crippen molar-refractivity contribution in [1.29, 1.82) is 0 Å². The maximum absolute atomic E-state index is 5.92. The fourth-order valence-electron chi connectivity index (χ4n) is 2.22. The number of hydrogen-bond donors (Lipinski definition) is 1. The molecule has 0 spiro atoms. The van der Waals surface area contributed by atoms with E-state index in [0.29, 0.717) is 12.0 Å². The Morgan fingerprint density at radius 1 is 1.37 bits per heavy atom. The molecule has 1 fully saturated rings. The monoisotopic (exact) mass is 282 g/mol. The van der Waals surface area contributed by atoms with Crippen LogP contribution in [0, 0.1) is 5.92 Å². The highest BCUT2D eigenvalue weighted by atomic mass is 32.1. The van der Waals surface area contributed by atoms with Crippen LogP contribution in [0.2, 0.25) is 0 Å². The van der Waals surface area contributed by atoms with E-state index in [2.05, 4.69) is 33.0 Å². The number of nitrogens with one attached hydrogen (secondary N) is 1. The number of aryl methyl sites for hydroxylation is 1. The van der Waals surface area contributed by atoms with E-state index in [9.17, 15) is 0 Å². The summed E-state index contributed by atoms with van der Waals surface area (Å²) in [6, 6.07) is 0.515. The molecule has 1 aromatic heterocycles. The second-order valence-electron chi connectivity index (χ2n) is 5.52. The van der Waals surface area contributed by atoms with Gasteiger partial charge in [0, 0.05) is 24.1 Å². The van der Waals surface area contributed by atoms with Gasteiger partial charge in [-0.05, 0) is 32.1 Å². The van der Waals surface area contributed by atoms with E-state index < -0.39 is 0 Å². The predicted octanol–water partition coefficient (Wildman–Crippen LogP) is 3.69. The van der Waals surface area contributed by atoms with Crippen molar-refractivity contribution in [3.8, 4) is 0 Å². The van der Waals surface area contributed by atoms with E-state index in [1.165, 1.54) is 28.4 Å². The lowest BCUT2D eigenvalue weighted by Crippen LogP contribution is -2.21. The first-order valence-electron chi connectivity index (χ1n) is 7.49. The zero-order valence-corrected chi connectivity index (χ0v) is 13.3. The number of aromatic nitrogens is 1. The maximum Gasteiger partial charge on any atom is 0.122 e. The van der Waals surface area contributed by atoms with Gasteiger partial charge in [0.05, 0.1) is 5.69 Å². The minimum Gasteiger partial charge on any atom is -0.371 e. The van der Waals surface area contributed by atoms with Gasteiger partial charge in [0.2, 0.25) is 0 Å². The van der Waals surface area contributed by atoms with Gasteiger partial charge in [0.1, 0.15) is 11.1 Å². The van der Waals surface area contributed by atoms with Crippen molar-refractivity contribution in [3.63, 3.8) is 0 Å². The summed E-state index contributed by atoms with van der Waals surface area (Å²) in [5.74, 6) is 0.710. The molecule has 1 aliphatic rings. The summed E-state index contributed by atoms with van der Waals surface area (Å²) < 4.78 is 5.92. The number of rotatable bonds is 8. The molecule has 4 heteroatoms. The first kappa shape index (κ1) is 14.9. The van der Waals surface area contributed by atoms with Crippen molar-refractivity contribution in [2.45, 2.75) is 65.6 Å². The normalized spacial score (nSPS) is 17.1. The largest absolute Gasteiger partial charge is 0.371 e. The average Bonchev–Trinajstić information content (AvgIpc) is 3.13. The quantitative estimate of drug-likeness (QED) is 0.789. The van der Waals surface area contributed by atoms with E-state index in [4.69, 9.17) is 9.72 Å². The molecule has 108 valence electrons. The van der Waals surface area contributed by atoms with Crippen molar-refractivity contribution in [2.24, 2.45) is 5.92 Å². The molecule has 1 aliphatic carbocycles. The van der Waals surface area contributed by atoms with Gasteiger partial charge in [0.15, 0.2) is 0 Å². The Hall–Kier alpha value is -0.450. The third-order valence-corrected chi connectivity index (χ3v) is 4.60. The molecule has 1 N–H and O–H groups in total. The number of thiazole rings is 1. The van der Waals surface area contributed by atoms with Crippen molar-refractivity contribution < 1.29 is 4.74 Å². The molecule has 0 amide bonds. The molecule has 0 bridgehead atoms. The van der Waals surface area contributed by atoms with Crippen LogP contribution in [0.15, 0.2) is 0 Å². The summed E-state index contributed by atoms with van der Waals surface area (Å²) in [6.45, 7) is 10.3. The minimum atomic E-state index is 0.244. The molecule has 1 atom stereocenters. The Bertz CT molecular complexity index is 399. The molecule has 2 rings (SSSR count). The fraction of sp³-hybridized carbons (Fsp3) is 0.800. The molecule has 1 heterocycles. The molecule has 0 radical (unpaired) electrons. The number of nitrogens with zero attached hydrogens (tertiary/aromatic N) is 1. The van der Waals surface area contributed by atoms with Crippen LogP contribution in [0.1, 0.15) is 62.2 Å². The topological polar surface area (TPSA) is 34.1 Å². The Morgan fingerprint density at radius 3 is 2.63 bits per heavy atom. The van der Waals surface area contributed by atoms with Crippen LogP contribution in [-0.2, 0) is 17.7 Å². The number of hydrogen-bond acceptors (Lipinski definition) is 4. The molecular formula is C15H26N2OS. The van der Waals surface area contributed by atoms with Crippen molar-refractivity contribution >= 4 is 11.3 Å². The van der Waals surface area contributed by atoms with Gasteiger partial charge in [-0.25, -0.2) is 4.98 Å². The fourth-order valence-corrected chi connectivity index (χ4v) is 3.47. The van der Waals surface area contributed by atoms with Crippen LogP contribution in [0.5, 0.6) is 0 Å². The van der Waals surface area contributed by atoms with E-state index in [-0.39, 0.29) is 6.10 Å². The molecule has 1 unspecified atom stereocenters. The smallest absolute Gasteiger partial charge is 0.122 e. The van der Waals surface area contributed by atoms with Gasteiger partial charge in [-0.3, -0.25) is 0 Å². The molecule has 1 aromatic rings. The second kappa shape index (κ2) is 6.82. The highest BCUT2D eigenvalue weighted by Crippen LogP contribution is 2.44. The van der Waals surface area contributed by atoms with Crippen molar-refractivity contribution in [1.82, 2.24) is 10.3 Å². The standard InChI is InChI=1S/C15H26N2OS/c1-5-12-13(9-16-10(3)4)19-15(17-12)14(18-6-2)11-7-8-11/h10-11,14,16H,5-9H2,1-4H3. The second-order valence-corrected chi connectivity index (χ2v) is 6.64. The van der Waals surface area contributed by atoms with Gasteiger partial charge in [-0.15, -0.1) is 11.3 Å². The third kappa shape index (κ3) is 4.01. The molecular weight excluding hydrogens is 256 g/mol. The van der Waals surface area contributed by atoms with E-state index in [1.54, 1.807) is 0 Å². The Morgan fingerprint density at radius 2 is 2.11 bits per heavy atom. The Balaban J connectivity index is 2.11. The van der Waals surface area contributed by atoms with Gasteiger partial charge in [-0.2, -0.15) is 0 Å². The molecule has 19 heavy (non-hydrogen) atoms. The lowest BCUT2D eigenvalue weighted by atomic mass is 10.2. The maximum atomic E-state index is 5.92. The summed E-state index contributed by atoms with van der Waals surface area (Å²) in [7, 11) is 0. The highest BCUT2D eigenvalue weighted by Gasteiger charge is 2.35. The molecule has 3 nitrogen and oxygen atoms in total.